The van der Waals surface area contributed by atoms with Crippen molar-refractivity contribution in [1.29, 1.82) is 0 Å². The Labute approximate surface area is 179 Å². The fourth-order valence-electron chi connectivity index (χ4n) is 1.58. The van der Waals surface area contributed by atoms with Crippen LogP contribution in [0.3, 0.4) is 0 Å². The number of aliphatic hydroxyl groups is 1. The predicted molar refractivity (Wildman–Crippen MR) is 48.6 cm³/mol. The standard InChI is InChI=1S/C8HF15O3.K/c9-1(10,5(14,15)16)3(13)8(22,23)26-4(25-3,7(20,21)24)2(11,12)6(17,18)19;/h24H;. The van der Waals surface area contributed by atoms with Crippen LogP contribution in [0.5, 0.6) is 0 Å². The average Bonchev–Trinajstić information content (AvgIpc) is 2.56. The molecule has 0 saturated carbocycles. The fraction of sp³-hybridized carbons (Fsp3) is 1.00. The van der Waals surface area contributed by atoms with Crippen LogP contribution in [0.4, 0.5) is 65.9 Å². The number of rotatable bonds is 3. The number of hydrogen-bond donors (Lipinski definition) is 1. The molecule has 1 saturated heterocycles. The van der Waals surface area contributed by atoms with E-state index in [0.717, 1.165) is 0 Å². The van der Waals surface area contributed by atoms with Gasteiger partial charge in [-0.1, -0.05) is 0 Å². The van der Waals surface area contributed by atoms with Crippen LogP contribution in [-0.2, 0) is 9.47 Å². The van der Waals surface area contributed by atoms with Crippen LogP contribution < -0.4 is 0 Å². The third kappa shape index (κ3) is 3.59. The molecule has 0 spiro atoms. The van der Waals surface area contributed by atoms with E-state index in [-0.39, 0.29) is 51.4 Å². The molecule has 157 valence electrons. The van der Waals surface area contributed by atoms with Crippen molar-refractivity contribution in [2.24, 2.45) is 0 Å². The Morgan fingerprint density at radius 1 is 0.593 bits per heavy atom. The maximum Gasteiger partial charge on any atom is 0.459 e. The van der Waals surface area contributed by atoms with Crippen LogP contribution in [0.25, 0.3) is 0 Å². The molecule has 27 heavy (non-hydrogen) atoms. The minimum Gasteiger partial charge on any atom is -0.332 e. The van der Waals surface area contributed by atoms with E-state index in [1.807, 2.05) is 9.47 Å². The minimum atomic E-state index is -7.65. The molecule has 0 aliphatic carbocycles. The van der Waals surface area contributed by atoms with E-state index < -0.39 is 48.1 Å². The maximum absolute atomic E-state index is 13.6. The van der Waals surface area contributed by atoms with E-state index in [2.05, 4.69) is 0 Å². The van der Waals surface area contributed by atoms with Crippen LogP contribution in [-0.4, -0.2) is 105 Å². The summed E-state index contributed by atoms with van der Waals surface area (Å²) < 4.78 is 194. The third-order valence-corrected chi connectivity index (χ3v) is 2.86. The smallest absolute Gasteiger partial charge is 0.332 e. The first-order valence-corrected chi connectivity index (χ1v) is 5.37. The molecule has 1 N–H and O–H groups in total. The minimum absolute atomic E-state index is 0. The molecule has 3 nitrogen and oxygen atoms in total. The molecule has 1 aliphatic heterocycles. The Balaban J connectivity index is 0.00000676. The van der Waals surface area contributed by atoms with Crippen LogP contribution in [0, 0.1) is 0 Å². The van der Waals surface area contributed by atoms with E-state index in [4.69, 9.17) is 5.11 Å². The third-order valence-electron chi connectivity index (χ3n) is 2.86. The van der Waals surface area contributed by atoms with Gasteiger partial charge in [0.1, 0.15) is 0 Å². The van der Waals surface area contributed by atoms with Crippen LogP contribution in [0.15, 0.2) is 0 Å². The second-order valence-electron chi connectivity index (χ2n) is 4.62. The predicted octanol–water partition coefficient (Wildman–Crippen LogP) is 3.59. The Morgan fingerprint density at radius 2 is 0.926 bits per heavy atom. The summed E-state index contributed by atoms with van der Waals surface area (Å²) in [6.45, 7) is 0. The van der Waals surface area contributed by atoms with Crippen LogP contribution in [0.2, 0.25) is 0 Å². The molecular formula is C8HF15KO3. The average molecular weight is 469 g/mol. The van der Waals surface area contributed by atoms with Gasteiger partial charge in [-0.15, -0.1) is 0 Å². The Bertz CT molecular complexity index is 565. The first kappa shape index (κ1) is 27.5. The Morgan fingerprint density at radius 3 is 1.19 bits per heavy atom. The van der Waals surface area contributed by atoms with Gasteiger partial charge in [0.15, 0.2) is 0 Å². The SMILES string of the molecule is OC(F)(F)C1(C(F)(F)C(F)(F)F)OC(F)(F)C(F)(C(F)(F)C(F)(F)F)O1.[K]. The van der Waals surface area contributed by atoms with Crippen molar-refractivity contribution in [3.8, 4) is 0 Å². The van der Waals surface area contributed by atoms with Crippen molar-refractivity contribution in [1.82, 2.24) is 0 Å². The van der Waals surface area contributed by atoms with Crippen molar-refractivity contribution >= 4 is 51.4 Å². The molecule has 1 heterocycles. The molecule has 0 amide bonds. The molecule has 19 heteroatoms. The molecule has 2 atom stereocenters. The molecule has 2 unspecified atom stereocenters. The summed E-state index contributed by atoms with van der Waals surface area (Å²) in [6, 6.07) is 0. The molecule has 0 bridgehead atoms. The van der Waals surface area contributed by atoms with Crippen LogP contribution >= 0.6 is 0 Å². The quantitative estimate of drug-likeness (QED) is 0.508. The molecule has 1 rings (SSSR count). The summed E-state index contributed by atoms with van der Waals surface area (Å²) >= 11 is 0. The van der Waals surface area contributed by atoms with Gasteiger partial charge in [0.25, 0.3) is 0 Å². The van der Waals surface area contributed by atoms with E-state index in [9.17, 15) is 65.9 Å². The van der Waals surface area contributed by atoms with E-state index in [1.165, 1.54) is 0 Å². The van der Waals surface area contributed by atoms with E-state index in [0.29, 0.717) is 0 Å². The molecule has 0 aromatic carbocycles. The van der Waals surface area contributed by atoms with Gasteiger partial charge in [0, 0.05) is 51.4 Å². The first-order chi connectivity index (χ1) is 10.9. The van der Waals surface area contributed by atoms with Crippen molar-refractivity contribution in [3.05, 3.63) is 0 Å². The first-order valence-electron chi connectivity index (χ1n) is 5.37. The van der Waals surface area contributed by atoms with Gasteiger partial charge in [-0.3, -0.25) is 9.47 Å². The van der Waals surface area contributed by atoms with Gasteiger partial charge in [-0.25, -0.2) is 0 Å². The fourth-order valence-corrected chi connectivity index (χ4v) is 1.58. The van der Waals surface area contributed by atoms with Gasteiger partial charge in [-0.2, -0.15) is 65.9 Å². The monoisotopic (exact) mass is 469 g/mol. The molecule has 1 fully saturated rings. The van der Waals surface area contributed by atoms with Gasteiger partial charge >= 0.3 is 48.1 Å². The van der Waals surface area contributed by atoms with Gasteiger partial charge < -0.3 is 5.11 Å². The molecular weight excluding hydrogens is 468 g/mol. The second kappa shape index (κ2) is 6.74. The number of ether oxygens (including phenoxy) is 2. The summed E-state index contributed by atoms with van der Waals surface area (Å²) in [7, 11) is 0. The van der Waals surface area contributed by atoms with Crippen molar-refractivity contribution in [2.75, 3.05) is 0 Å². The molecule has 0 aromatic rings. The number of halogens is 15. The summed E-state index contributed by atoms with van der Waals surface area (Å²) in [4.78, 5) is 0. The van der Waals surface area contributed by atoms with Gasteiger partial charge in [-0.05, 0) is 0 Å². The van der Waals surface area contributed by atoms with Crippen molar-refractivity contribution in [2.45, 2.75) is 48.1 Å². The zero-order valence-electron chi connectivity index (χ0n) is 11.9. The van der Waals surface area contributed by atoms with Crippen LogP contribution in [0.1, 0.15) is 0 Å². The maximum atomic E-state index is 13.6. The second-order valence-corrected chi connectivity index (χ2v) is 4.62. The van der Waals surface area contributed by atoms with Crippen molar-refractivity contribution < 1.29 is 80.4 Å². The molecule has 0 aromatic heterocycles. The van der Waals surface area contributed by atoms with E-state index >= 15 is 0 Å². The van der Waals surface area contributed by atoms with Gasteiger partial charge in [0.2, 0.25) is 0 Å². The van der Waals surface area contributed by atoms with Gasteiger partial charge in [0.05, 0.1) is 0 Å². The Kier molecular flexibility index (Phi) is 6.86. The van der Waals surface area contributed by atoms with E-state index in [1.54, 1.807) is 0 Å². The summed E-state index contributed by atoms with van der Waals surface area (Å²) in [5.74, 6) is -29.7. The zero-order chi connectivity index (χ0) is 21.4. The summed E-state index contributed by atoms with van der Waals surface area (Å²) in [6.07, 6.45) is -29.2. The topological polar surface area (TPSA) is 38.7 Å². The largest absolute Gasteiger partial charge is 0.459 e. The normalized spacial score (nSPS) is 30.2. The Hall–Kier alpha value is 0.466. The molecule has 1 radical (unpaired) electrons. The van der Waals surface area contributed by atoms with Crippen molar-refractivity contribution in [3.63, 3.8) is 0 Å². The summed E-state index contributed by atoms with van der Waals surface area (Å²) in [5.41, 5.74) is 0. The number of hydrogen-bond acceptors (Lipinski definition) is 3. The zero-order valence-corrected chi connectivity index (χ0v) is 15.1. The summed E-state index contributed by atoms with van der Waals surface area (Å²) in [5, 5.41) is 8.01. The molecule has 1 aliphatic rings. The number of alkyl halides is 15.